The Morgan fingerprint density at radius 3 is 1.92 bits per heavy atom. The van der Waals surface area contributed by atoms with Crippen molar-refractivity contribution in [2.45, 2.75) is 19.3 Å². The van der Waals surface area contributed by atoms with Crippen molar-refractivity contribution in [3.8, 4) is 22.3 Å². The van der Waals surface area contributed by atoms with Crippen molar-refractivity contribution in [1.29, 1.82) is 0 Å². The van der Waals surface area contributed by atoms with Gasteiger partial charge in [-0.1, -0.05) is 129 Å². The van der Waals surface area contributed by atoms with Gasteiger partial charge in [0.1, 0.15) is 11.2 Å². The highest BCUT2D eigenvalue weighted by Gasteiger charge is 2.38. The average molecular weight is 628 g/mol. The van der Waals surface area contributed by atoms with Gasteiger partial charge in [-0.25, -0.2) is 0 Å². The Bertz CT molecular complexity index is 2730. The first kappa shape index (κ1) is 27.9. The molecule has 0 saturated heterocycles. The molecule has 0 N–H and O–H groups in total. The van der Waals surface area contributed by atoms with Crippen LogP contribution in [0.3, 0.4) is 0 Å². The Hall–Kier alpha value is -6.12. The summed E-state index contributed by atoms with van der Waals surface area (Å²) >= 11 is 0. The molecule has 0 amide bonds. The summed E-state index contributed by atoms with van der Waals surface area (Å²) in [7, 11) is 0. The second-order valence-electron chi connectivity index (χ2n) is 13.8. The number of furan rings is 1. The molecule has 10 rings (SSSR count). The summed E-state index contributed by atoms with van der Waals surface area (Å²) < 4.78 is 6.76. The van der Waals surface area contributed by atoms with Gasteiger partial charge in [0, 0.05) is 38.8 Å². The van der Waals surface area contributed by atoms with Crippen LogP contribution < -0.4 is 4.90 Å². The lowest BCUT2D eigenvalue weighted by molar-refractivity contribution is 0.620. The minimum absolute atomic E-state index is 0.150. The van der Waals surface area contributed by atoms with E-state index >= 15 is 0 Å². The number of hydrogen-bond acceptors (Lipinski definition) is 2. The average Bonchev–Trinajstić information content (AvgIpc) is 3.64. The molecule has 0 bridgehead atoms. The number of nitrogens with zero attached hydrogens (tertiary/aromatic N) is 1. The fourth-order valence-corrected chi connectivity index (χ4v) is 8.22. The van der Waals surface area contributed by atoms with E-state index in [1.165, 1.54) is 54.9 Å². The lowest BCUT2D eigenvalue weighted by Gasteiger charge is -2.26. The van der Waals surface area contributed by atoms with Gasteiger partial charge >= 0.3 is 0 Å². The van der Waals surface area contributed by atoms with Gasteiger partial charge in [-0.2, -0.15) is 0 Å². The molecule has 0 unspecified atom stereocenters. The molecule has 232 valence electrons. The largest absolute Gasteiger partial charge is 0.456 e. The number of fused-ring (bicyclic) bond motifs is 10. The predicted octanol–water partition coefficient (Wildman–Crippen LogP) is 13.3. The molecule has 1 heterocycles. The third-order valence-electron chi connectivity index (χ3n) is 10.6. The Labute approximate surface area is 285 Å². The molecule has 0 aliphatic heterocycles. The van der Waals surface area contributed by atoms with Gasteiger partial charge in [-0.05, 0) is 97.9 Å². The van der Waals surface area contributed by atoms with E-state index in [0.29, 0.717) is 0 Å². The van der Waals surface area contributed by atoms with Crippen molar-refractivity contribution < 1.29 is 4.42 Å². The summed E-state index contributed by atoms with van der Waals surface area (Å²) in [4.78, 5) is 2.38. The maximum absolute atomic E-state index is 6.76. The lowest BCUT2D eigenvalue weighted by Crippen LogP contribution is -2.15. The zero-order valence-corrected chi connectivity index (χ0v) is 27.4. The maximum Gasteiger partial charge on any atom is 0.140 e. The minimum Gasteiger partial charge on any atom is -0.456 e. The van der Waals surface area contributed by atoms with E-state index in [1.54, 1.807) is 0 Å². The summed E-state index contributed by atoms with van der Waals surface area (Å²) in [6.07, 6.45) is 0. The highest BCUT2D eigenvalue weighted by Crippen LogP contribution is 2.53. The van der Waals surface area contributed by atoms with Gasteiger partial charge < -0.3 is 9.32 Å². The number of hydrogen-bond donors (Lipinski definition) is 0. The molecule has 9 aromatic rings. The maximum atomic E-state index is 6.76. The zero-order chi connectivity index (χ0) is 32.7. The molecule has 0 radical (unpaired) electrons. The fourth-order valence-electron chi connectivity index (χ4n) is 8.22. The third-order valence-corrected chi connectivity index (χ3v) is 10.6. The van der Waals surface area contributed by atoms with E-state index in [2.05, 4.69) is 183 Å². The topological polar surface area (TPSA) is 16.4 Å². The summed E-state index contributed by atoms with van der Waals surface area (Å²) in [5, 5.41) is 7.26. The van der Waals surface area contributed by atoms with Crippen LogP contribution in [0.15, 0.2) is 168 Å². The highest BCUT2D eigenvalue weighted by atomic mass is 16.3. The molecular weight excluding hydrogens is 595 g/mol. The van der Waals surface area contributed by atoms with Gasteiger partial charge in [0.25, 0.3) is 0 Å². The predicted molar refractivity (Wildman–Crippen MR) is 206 cm³/mol. The first-order valence-electron chi connectivity index (χ1n) is 17.0. The van der Waals surface area contributed by atoms with Gasteiger partial charge in [0.15, 0.2) is 0 Å². The van der Waals surface area contributed by atoms with Crippen LogP contribution in [0.4, 0.5) is 17.1 Å². The van der Waals surface area contributed by atoms with Gasteiger partial charge in [-0.3, -0.25) is 0 Å². The van der Waals surface area contributed by atoms with Crippen molar-refractivity contribution in [3.63, 3.8) is 0 Å². The number of rotatable bonds is 4. The fraction of sp³-hybridized carbons (Fsp3) is 0.0638. The van der Waals surface area contributed by atoms with Gasteiger partial charge in [-0.15, -0.1) is 0 Å². The number of anilines is 3. The molecular formula is C47H33NO. The normalized spacial score (nSPS) is 13.3. The summed E-state index contributed by atoms with van der Waals surface area (Å²) in [5.41, 5.74) is 12.7. The van der Waals surface area contributed by atoms with Gasteiger partial charge in [0.2, 0.25) is 0 Å². The van der Waals surface area contributed by atoms with E-state index in [9.17, 15) is 0 Å². The zero-order valence-electron chi connectivity index (χ0n) is 27.4. The molecule has 2 nitrogen and oxygen atoms in total. The van der Waals surface area contributed by atoms with Crippen molar-refractivity contribution in [3.05, 3.63) is 175 Å². The molecule has 0 fully saturated rings. The Morgan fingerprint density at radius 1 is 0.449 bits per heavy atom. The highest BCUT2D eigenvalue weighted by molar-refractivity contribution is 6.11. The Kier molecular flexibility index (Phi) is 5.95. The standard InChI is InChI=1S/C47H33NO/c1-47(2)43-15-9-8-14-38(43)39-25-26-40-42-29-36(24-27-44(42)49-46(40)45(39)47)48(34-21-18-31(19-22-34)30-10-4-3-5-11-30)35-23-20-33-17-16-32-12-6-7-13-37(32)41(33)28-35/h3-29H,1-2H3. The quantitative estimate of drug-likeness (QED) is 0.181. The molecule has 8 aromatic carbocycles. The monoisotopic (exact) mass is 627 g/mol. The summed E-state index contributed by atoms with van der Waals surface area (Å²) in [5.74, 6) is 0. The van der Waals surface area contributed by atoms with E-state index in [-0.39, 0.29) is 5.41 Å². The summed E-state index contributed by atoms with van der Waals surface area (Å²) in [6, 6.07) is 59.4. The van der Waals surface area contributed by atoms with Crippen molar-refractivity contribution in [1.82, 2.24) is 0 Å². The van der Waals surface area contributed by atoms with Crippen LogP contribution in [0, 0.1) is 0 Å². The molecule has 1 aliphatic rings. The molecule has 1 aromatic heterocycles. The second-order valence-corrected chi connectivity index (χ2v) is 13.8. The van der Waals surface area contributed by atoms with E-state index in [0.717, 1.165) is 39.0 Å². The van der Waals surface area contributed by atoms with Crippen molar-refractivity contribution in [2.75, 3.05) is 4.90 Å². The minimum atomic E-state index is -0.150. The van der Waals surface area contributed by atoms with Crippen LogP contribution in [0.1, 0.15) is 25.0 Å². The molecule has 0 spiro atoms. The number of benzene rings is 8. The first-order valence-corrected chi connectivity index (χ1v) is 17.0. The van der Waals surface area contributed by atoms with Crippen LogP contribution in [-0.4, -0.2) is 0 Å². The SMILES string of the molecule is CC1(C)c2ccccc2-c2ccc3c(oc4ccc(N(c5ccc(-c6ccccc6)cc5)c5ccc6ccc7ccccc7c6c5)cc43)c21. The molecule has 1 aliphatic carbocycles. The summed E-state index contributed by atoms with van der Waals surface area (Å²) in [6.45, 7) is 4.64. The lowest BCUT2D eigenvalue weighted by atomic mass is 9.82. The van der Waals surface area contributed by atoms with E-state index in [1.807, 2.05) is 0 Å². The van der Waals surface area contributed by atoms with Crippen molar-refractivity contribution in [2.24, 2.45) is 0 Å². The van der Waals surface area contributed by atoms with Crippen LogP contribution in [0.2, 0.25) is 0 Å². The smallest absolute Gasteiger partial charge is 0.140 e. The van der Waals surface area contributed by atoms with Crippen LogP contribution >= 0.6 is 0 Å². The molecule has 49 heavy (non-hydrogen) atoms. The molecule has 2 heteroatoms. The Balaban J connectivity index is 1.18. The Morgan fingerprint density at radius 2 is 1.08 bits per heavy atom. The second kappa shape index (κ2) is 10.4. The van der Waals surface area contributed by atoms with Crippen molar-refractivity contribution >= 4 is 60.5 Å². The van der Waals surface area contributed by atoms with E-state index in [4.69, 9.17) is 4.42 Å². The van der Waals surface area contributed by atoms with Crippen LogP contribution in [0.5, 0.6) is 0 Å². The molecule has 0 saturated carbocycles. The third kappa shape index (κ3) is 4.20. The van der Waals surface area contributed by atoms with Crippen LogP contribution in [-0.2, 0) is 5.41 Å². The van der Waals surface area contributed by atoms with E-state index < -0.39 is 0 Å². The van der Waals surface area contributed by atoms with Gasteiger partial charge in [0.05, 0.1) is 0 Å². The van der Waals surface area contributed by atoms with Crippen LogP contribution in [0.25, 0.3) is 65.7 Å². The molecule has 0 atom stereocenters. The first-order chi connectivity index (χ1) is 24.0.